The third kappa shape index (κ3) is 2.57. The van der Waals surface area contributed by atoms with Crippen molar-refractivity contribution >= 4 is 18.0 Å². The van der Waals surface area contributed by atoms with Gasteiger partial charge in [-0.05, 0) is 12.0 Å². The maximum Gasteiger partial charge on any atom is 0.317 e. The minimum Gasteiger partial charge on any atom is -0.393 e. The first-order valence-electron chi connectivity index (χ1n) is 5.22. The predicted molar refractivity (Wildman–Crippen MR) is 59.3 cm³/mol. The van der Waals surface area contributed by atoms with Crippen LogP contribution in [-0.4, -0.2) is 11.9 Å². The van der Waals surface area contributed by atoms with Crippen LogP contribution in [0.2, 0.25) is 0 Å². The molecule has 3 heteroatoms. The van der Waals surface area contributed by atoms with Gasteiger partial charge in [0.1, 0.15) is 0 Å². The molecule has 1 aromatic carbocycles. The van der Waals surface area contributed by atoms with Gasteiger partial charge in [0.2, 0.25) is 0 Å². The van der Waals surface area contributed by atoms with Gasteiger partial charge >= 0.3 is 11.9 Å². The number of carbonyl (C=O) groups excluding carboxylic acids is 2. The van der Waals surface area contributed by atoms with E-state index in [9.17, 15) is 9.59 Å². The van der Waals surface area contributed by atoms with Crippen molar-refractivity contribution in [3.63, 3.8) is 0 Å². The van der Waals surface area contributed by atoms with Gasteiger partial charge in [-0.1, -0.05) is 42.5 Å². The molecule has 1 aliphatic heterocycles. The molecule has 2 rings (SSSR count). The molecule has 0 amide bonds. The van der Waals surface area contributed by atoms with E-state index in [4.69, 9.17) is 0 Å². The molecule has 1 aliphatic rings. The average Bonchev–Trinajstić information content (AvgIpc) is 2.59. The third-order valence-electron chi connectivity index (χ3n) is 2.49. The van der Waals surface area contributed by atoms with Gasteiger partial charge in [0.25, 0.3) is 0 Å². The number of hydrogen-bond acceptors (Lipinski definition) is 3. The fourth-order valence-electron chi connectivity index (χ4n) is 1.63. The SMILES string of the molecule is O=C1CC(C/C=C/c2ccccc2)C(=O)O1. The lowest BCUT2D eigenvalue weighted by Gasteiger charge is -1.98. The van der Waals surface area contributed by atoms with Gasteiger partial charge in [-0.2, -0.15) is 0 Å². The van der Waals surface area contributed by atoms with E-state index in [1.807, 2.05) is 42.5 Å². The Morgan fingerprint density at radius 1 is 1.25 bits per heavy atom. The molecule has 82 valence electrons. The van der Waals surface area contributed by atoms with E-state index in [0.717, 1.165) is 5.56 Å². The molecule has 1 fully saturated rings. The highest BCUT2D eigenvalue weighted by Crippen LogP contribution is 2.20. The molecule has 1 heterocycles. The number of cyclic esters (lactones) is 2. The second-order valence-corrected chi connectivity index (χ2v) is 3.74. The van der Waals surface area contributed by atoms with E-state index in [0.29, 0.717) is 6.42 Å². The maximum atomic E-state index is 11.2. The summed E-state index contributed by atoms with van der Waals surface area (Å²) in [6, 6.07) is 9.81. The van der Waals surface area contributed by atoms with E-state index in [1.165, 1.54) is 0 Å². The number of carbonyl (C=O) groups is 2. The maximum absolute atomic E-state index is 11.2. The Morgan fingerprint density at radius 2 is 2.00 bits per heavy atom. The quantitative estimate of drug-likeness (QED) is 0.574. The number of benzene rings is 1. The molecule has 0 N–H and O–H groups in total. The van der Waals surface area contributed by atoms with Crippen LogP contribution in [0.15, 0.2) is 36.4 Å². The van der Waals surface area contributed by atoms with Crippen LogP contribution in [0.5, 0.6) is 0 Å². The molecule has 0 spiro atoms. The average molecular weight is 216 g/mol. The number of hydrogen-bond donors (Lipinski definition) is 0. The summed E-state index contributed by atoms with van der Waals surface area (Å²) < 4.78 is 4.46. The number of esters is 2. The zero-order valence-corrected chi connectivity index (χ0v) is 8.76. The molecule has 1 unspecified atom stereocenters. The second kappa shape index (κ2) is 4.75. The summed E-state index contributed by atoms with van der Waals surface area (Å²) in [5.74, 6) is -1.11. The first-order chi connectivity index (χ1) is 7.75. The fourth-order valence-corrected chi connectivity index (χ4v) is 1.63. The van der Waals surface area contributed by atoms with E-state index in [2.05, 4.69) is 4.74 Å². The molecular formula is C13H12O3. The Kier molecular flexibility index (Phi) is 3.15. The Balaban J connectivity index is 1.90. The van der Waals surface area contributed by atoms with Crippen LogP contribution < -0.4 is 0 Å². The lowest BCUT2D eigenvalue weighted by molar-refractivity contribution is -0.153. The normalized spacial score (nSPS) is 20.4. The van der Waals surface area contributed by atoms with Gasteiger partial charge in [-0.3, -0.25) is 9.59 Å². The van der Waals surface area contributed by atoms with Gasteiger partial charge in [0, 0.05) is 0 Å². The van der Waals surface area contributed by atoms with Gasteiger partial charge in [-0.25, -0.2) is 0 Å². The molecule has 3 nitrogen and oxygen atoms in total. The van der Waals surface area contributed by atoms with Gasteiger partial charge in [0.05, 0.1) is 12.3 Å². The first kappa shape index (κ1) is 10.6. The summed E-state index contributed by atoms with van der Waals surface area (Å²) in [6.07, 6.45) is 4.60. The van der Waals surface area contributed by atoms with Crippen molar-refractivity contribution in [3.8, 4) is 0 Å². The third-order valence-corrected chi connectivity index (χ3v) is 2.49. The first-order valence-corrected chi connectivity index (χ1v) is 5.22. The summed E-state index contributed by atoms with van der Waals surface area (Å²) in [5, 5.41) is 0. The summed E-state index contributed by atoms with van der Waals surface area (Å²) >= 11 is 0. The molecule has 0 saturated carbocycles. The molecule has 1 atom stereocenters. The standard InChI is InChI=1S/C13H12O3/c14-12-9-11(13(15)16-12)8-4-7-10-5-2-1-3-6-10/h1-7,11H,8-9H2/b7-4+. The number of rotatable bonds is 3. The summed E-state index contributed by atoms with van der Waals surface area (Å²) in [6.45, 7) is 0. The molecule has 0 aliphatic carbocycles. The van der Waals surface area contributed by atoms with Gasteiger partial charge in [0.15, 0.2) is 0 Å². The summed E-state index contributed by atoms with van der Waals surface area (Å²) in [4.78, 5) is 22.0. The van der Waals surface area contributed by atoms with Crippen LogP contribution in [0.4, 0.5) is 0 Å². The van der Waals surface area contributed by atoms with Crippen molar-refractivity contribution in [3.05, 3.63) is 42.0 Å². The van der Waals surface area contributed by atoms with E-state index in [1.54, 1.807) is 0 Å². The van der Waals surface area contributed by atoms with Gasteiger partial charge in [-0.15, -0.1) is 0 Å². The molecule has 1 saturated heterocycles. The number of ether oxygens (including phenoxy) is 1. The monoisotopic (exact) mass is 216 g/mol. The van der Waals surface area contributed by atoms with E-state index >= 15 is 0 Å². The fraction of sp³-hybridized carbons (Fsp3) is 0.231. The van der Waals surface area contributed by atoms with Crippen molar-refractivity contribution in [1.29, 1.82) is 0 Å². The minimum atomic E-state index is -0.414. The van der Waals surface area contributed by atoms with Crippen molar-refractivity contribution < 1.29 is 14.3 Å². The van der Waals surface area contributed by atoms with E-state index < -0.39 is 11.9 Å². The molecular weight excluding hydrogens is 204 g/mol. The largest absolute Gasteiger partial charge is 0.393 e. The molecule has 16 heavy (non-hydrogen) atoms. The van der Waals surface area contributed by atoms with Crippen LogP contribution in [0.25, 0.3) is 6.08 Å². The Bertz CT molecular complexity index is 420. The van der Waals surface area contributed by atoms with Crippen molar-refractivity contribution in [1.82, 2.24) is 0 Å². The van der Waals surface area contributed by atoms with Crippen LogP contribution in [-0.2, 0) is 14.3 Å². The zero-order chi connectivity index (χ0) is 11.4. The van der Waals surface area contributed by atoms with Crippen molar-refractivity contribution in [2.45, 2.75) is 12.8 Å². The second-order valence-electron chi connectivity index (χ2n) is 3.74. The highest BCUT2D eigenvalue weighted by Gasteiger charge is 2.31. The van der Waals surface area contributed by atoms with Crippen LogP contribution in [0.1, 0.15) is 18.4 Å². The lowest BCUT2D eigenvalue weighted by Crippen LogP contribution is -2.05. The Labute approximate surface area is 93.7 Å². The molecule has 0 bridgehead atoms. The van der Waals surface area contributed by atoms with Crippen LogP contribution in [0.3, 0.4) is 0 Å². The zero-order valence-electron chi connectivity index (χ0n) is 8.76. The smallest absolute Gasteiger partial charge is 0.317 e. The van der Waals surface area contributed by atoms with Gasteiger partial charge < -0.3 is 4.74 Å². The predicted octanol–water partition coefficient (Wildman–Crippen LogP) is 2.18. The highest BCUT2D eigenvalue weighted by molar-refractivity contribution is 5.94. The molecule has 1 aromatic rings. The number of allylic oxidation sites excluding steroid dienone is 1. The van der Waals surface area contributed by atoms with Crippen LogP contribution in [0, 0.1) is 5.92 Å². The van der Waals surface area contributed by atoms with Crippen molar-refractivity contribution in [2.24, 2.45) is 5.92 Å². The minimum absolute atomic E-state index is 0.206. The topological polar surface area (TPSA) is 43.4 Å². The Morgan fingerprint density at radius 3 is 2.62 bits per heavy atom. The summed E-state index contributed by atoms with van der Waals surface area (Å²) in [7, 11) is 0. The van der Waals surface area contributed by atoms with Crippen LogP contribution >= 0.6 is 0 Å². The Hall–Kier alpha value is -1.90. The molecule has 0 radical (unpaired) electrons. The van der Waals surface area contributed by atoms with E-state index in [-0.39, 0.29) is 12.3 Å². The van der Waals surface area contributed by atoms with Crippen molar-refractivity contribution in [2.75, 3.05) is 0 Å². The molecule has 0 aromatic heterocycles. The summed E-state index contributed by atoms with van der Waals surface area (Å²) in [5.41, 5.74) is 1.08. The highest BCUT2D eigenvalue weighted by atomic mass is 16.6. The lowest BCUT2D eigenvalue weighted by atomic mass is 10.0.